The van der Waals surface area contributed by atoms with Crippen LogP contribution in [0.1, 0.15) is 18.9 Å². The molecule has 18 heavy (non-hydrogen) atoms. The molecule has 1 aromatic heterocycles. The molecule has 1 aromatic rings. The van der Waals surface area contributed by atoms with E-state index in [2.05, 4.69) is 4.98 Å². The summed E-state index contributed by atoms with van der Waals surface area (Å²) in [5.74, 6) is 0.261. The van der Waals surface area contributed by atoms with Crippen LogP contribution in [0.3, 0.4) is 0 Å². The first-order valence-electron chi connectivity index (χ1n) is 5.92. The first kappa shape index (κ1) is 13.1. The van der Waals surface area contributed by atoms with E-state index in [4.69, 9.17) is 5.73 Å². The van der Waals surface area contributed by atoms with E-state index in [-0.39, 0.29) is 17.8 Å². The molecule has 1 aliphatic heterocycles. The molecule has 1 fully saturated rings. The molecule has 0 spiro atoms. The Morgan fingerprint density at radius 3 is 2.78 bits per heavy atom. The highest BCUT2D eigenvalue weighted by Crippen LogP contribution is 2.38. The van der Waals surface area contributed by atoms with Crippen LogP contribution in [0.25, 0.3) is 0 Å². The lowest BCUT2D eigenvalue weighted by Gasteiger charge is -2.25. The van der Waals surface area contributed by atoms with Crippen molar-refractivity contribution in [3.8, 4) is 0 Å². The van der Waals surface area contributed by atoms with Crippen molar-refractivity contribution in [1.29, 1.82) is 0 Å². The molecule has 2 unspecified atom stereocenters. The fourth-order valence-electron chi connectivity index (χ4n) is 2.46. The molecular weight excluding hydrogens is 243 g/mol. The number of anilines is 1. The topological polar surface area (TPSA) is 42.1 Å². The number of hydrogen-bond acceptors (Lipinski definition) is 3. The summed E-state index contributed by atoms with van der Waals surface area (Å²) in [7, 11) is 0. The molecule has 2 rings (SSSR count). The van der Waals surface area contributed by atoms with Gasteiger partial charge in [-0.2, -0.15) is 13.2 Å². The number of halogens is 3. The quantitative estimate of drug-likeness (QED) is 0.886. The molecule has 2 heterocycles. The van der Waals surface area contributed by atoms with Gasteiger partial charge in [0.05, 0.1) is 5.56 Å². The number of nitrogens with two attached hydrogens (primary N) is 1. The molecule has 2 atom stereocenters. The molecule has 3 nitrogen and oxygen atoms in total. The van der Waals surface area contributed by atoms with E-state index in [0.717, 1.165) is 12.5 Å². The van der Waals surface area contributed by atoms with Crippen LogP contribution in [0, 0.1) is 5.92 Å². The molecule has 0 saturated carbocycles. The summed E-state index contributed by atoms with van der Waals surface area (Å²) in [6.07, 6.45) is -2.17. The molecule has 100 valence electrons. The zero-order valence-corrected chi connectivity index (χ0v) is 10.1. The Balaban J connectivity index is 2.34. The molecule has 1 aliphatic rings. The number of nitrogens with zero attached hydrogens (tertiary/aromatic N) is 2. The van der Waals surface area contributed by atoms with Crippen molar-refractivity contribution in [3.05, 3.63) is 23.9 Å². The number of aromatic nitrogens is 1. The maximum absolute atomic E-state index is 12.9. The van der Waals surface area contributed by atoms with Crippen molar-refractivity contribution in [2.75, 3.05) is 18.0 Å². The maximum Gasteiger partial charge on any atom is 0.419 e. The highest BCUT2D eigenvalue weighted by Gasteiger charge is 2.38. The molecular formula is C12H16F3N3. The SMILES string of the molecule is CC1CC(CN)CN1c1ncccc1C(F)(F)F. The Kier molecular flexibility index (Phi) is 3.47. The molecule has 0 aliphatic carbocycles. The van der Waals surface area contributed by atoms with Gasteiger partial charge in [-0.15, -0.1) is 0 Å². The summed E-state index contributed by atoms with van der Waals surface area (Å²) >= 11 is 0. The third-order valence-corrected chi connectivity index (χ3v) is 3.36. The molecule has 6 heteroatoms. The molecule has 0 aromatic carbocycles. The number of hydrogen-bond donors (Lipinski definition) is 1. The van der Waals surface area contributed by atoms with Crippen LogP contribution in [0.4, 0.5) is 19.0 Å². The molecule has 2 N–H and O–H groups in total. The van der Waals surface area contributed by atoms with Crippen LogP contribution in [0.15, 0.2) is 18.3 Å². The monoisotopic (exact) mass is 259 g/mol. The standard InChI is InChI=1S/C12H16F3N3/c1-8-5-9(6-16)7-18(8)11-10(12(13,14)15)3-2-4-17-11/h2-4,8-9H,5-7,16H2,1H3. The van der Waals surface area contributed by atoms with Gasteiger partial charge in [0.25, 0.3) is 0 Å². The predicted octanol–water partition coefficient (Wildman–Crippen LogP) is 2.27. The smallest absolute Gasteiger partial charge is 0.353 e. The Hall–Kier alpha value is -1.30. The third kappa shape index (κ3) is 2.43. The van der Waals surface area contributed by atoms with E-state index >= 15 is 0 Å². The van der Waals surface area contributed by atoms with Crippen molar-refractivity contribution < 1.29 is 13.2 Å². The molecule has 0 amide bonds. The maximum atomic E-state index is 12.9. The Labute approximate surface area is 104 Å². The van der Waals surface area contributed by atoms with Crippen molar-refractivity contribution in [2.24, 2.45) is 11.7 Å². The largest absolute Gasteiger partial charge is 0.419 e. The van der Waals surface area contributed by atoms with Gasteiger partial charge in [0, 0.05) is 18.8 Å². The lowest BCUT2D eigenvalue weighted by molar-refractivity contribution is -0.137. The van der Waals surface area contributed by atoms with E-state index in [1.165, 1.54) is 12.3 Å². The fraction of sp³-hybridized carbons (Fsp3) is 0.583. The first-order chi connectivity index (χ1) is 8.43. The van der Waals surface area contributed by atoms with E-state index in [9.17, 15) is 13.2 Å². The van der Waals surface area contributed by atoms with Crippen molar-refractivity contribution in [2.45, 2.75) is 25.6 Å². The third-order valence-electron chi connectivity index (χ3n) is 3.36. The minimum atomic E-state index is -4.37. The highest BCUT2D eigenvalue weighted by atomic mass is 19.4. The molecule has 1 saturated heterocycles. The first-order valence-corrected chi connectivity index (χ1v) is 5.92. The summed E-state index contributed by atoms with van der Waals surface area (Å²) in [5.41, 5.74) is 4.92. The minimum Gasteiger partial charge on any atom is -0.353 e. The fourth-order valence-corrected chi connectivity index (χ4v) is 2.46. The summed E-state index contributed by atoms with van der Waals surface area (Å²) in [6, 6.07) is 2.42. The van der Waals surface area contributed by atoms with E-state index < -0.39 is 11.7 Å². The molecule has 0 radical (unpaired) electrons. The Morgan fingerprint density at radius 1 is 1.50 bits per heavy atom. The van der Waals surface area contributed by atoms with Gasteiger partial charge in [-0.05, 0) is 37.9 Å². The summed E-state index contributed by atoms with van der Waals surface area (Å²) < 4.78 is 38.7. The summed E-state index contributed by atoms with van der Waals surface area (Å²) in [5, 5.41) is 0. The van der Waals surface area contributed by atoms with Gasteiger partial charge in [-0.25, -0.2) is 4.98 Å². The van der Waals surface area contributed by atoms with Gasteiger partial charge in [0.2, 0.25) is 0 Å². The van der Waals surface area contributed by atoms with Gasteiger partial charge in [-0.3, -0.25) is 0 Å². The van der Waals surface area contributed by atoms with Crippen LogP contribution in [0.5, 0.6) is 0 Å². The lowest BCUT2D eigenvalue weighted by Crippen LogP contribution is -2.30. The van der Waals surface area contributed by atoms with Crippen molar-refractivity contribution in [1.82, 2.24) is 4.98 Å². The number of rotatable bonds is 2. The number of pyridine rings is 1. The highest BCUT2D eigenvalue weighted by molar-refractivity contribution is 5.50. The van der Waals surface area contributed by atoms with Crippen LogP contribution < -0.4 is 10.6 Å². The second-order valence-corrected chi connectivity index (χ2v) is 4.71. The second kappa shape index (κ2) is 4.76. The summed E-state index contributed by atoms with van der Waals surface area (Å²) in [6.45, 7) is 2.94. The van der Waals surface area contributed by atoms with E-state index in [1.807, 2.05) is 6.92 Å². The van der Waals surface area contributed by atoms with Crippen LogP contribution in [0.2, 0.25) is 0 Å². The van der Waals surface area contributed by atoms with Crippen molar-refractivity contribution in [3.63, 3.8) is 0 Å². The second-order valence-electron chi connectivity index (χ2n) is 4.71. The van der Waals surface area contributed by atoms with Crippen LogP contribution in [-0.2, 0) is 6.18 Å². The van der Waals surface area contributed by atoms with Gasteiger partial charge in [0.1, 0.15) is 5.82 Å². The Morgan fingerprint density at radius 2 is 2.22 bits per heavy atom. The summed E-state index contributed by atoms with van der Waals surface area (Å²) in [4.78, 5) is 5.62. The van der Waals surface area contributed by atoms with Gasteiger partial charge < -0.3 is 10.6 Å². The minimum absolute atomic E-state index is 0.0217. The average molecular weight is 259 g/mol. The van der Waals surface area contributed by atoms with Crippen molar-refractivity contribution >= 4 is 5.82 Å². The van der Waals surface area contributed by atoms with E-state index in [0.29, 0.717) is 13.1 Å². The zero-order valence-electron chi connectivity index (χ0n) is 10.1. The van der Waals surface area contributed by atoms with Crippen LogP contribution in [-0.4, -0.2) is 24.1 Å². The van der Waals surface area contributed by atoms with Crippen LogP contribution >= 0.6 is 0 Å². The van der Waals surface area contributed by atoms with Gasteiger partial charge in [0.15, 0.2) is 0 Å². The van der Waals surface area contributed by atoms with Gasteiger partial charge >= 0.3 is 6.18 Å². The number of alkyl halides is 3. The zero-order chi connectivity index (χ0) is 13.3. The average Bonchev–Trinajstić information content (AvgIpc) is 2.69. The van der Waals surface area contributed by atoms with E-state index in [1.54, 1.807) is 4.90 Å². The molecule has 0 bridgehead atoms. The van der Waals surface area contributed by atoms with Gasteiger partial charge in [-0.1, -0.05) is 0 Å². The lowest BCUT2D eigenvalue weighted by atomic mass is 10.1. The Bertz CT molecular complexity index is 419. The normalized spacial score (nSPS) is 24.6. The predicted molar refractivity (Wildman–Crippen MR) is 63.2 cm³/mol.